The van der Waals surface area contributed by atoms with Gasteiger partial charge in [-0.2, -0.15) is 8.78 Å². The van der Waals surface area contributed by atoms with Gasteiger partial charge in [-0.1, -0.05) is 0 Å². The van der Waals surface area contributed by atoms with E-state index >= 15 is 0 Å². The molecule has 0 spiro atoms. The summed E-state index contributed by atoms with van der Waals surface area (Å²) in [6.45, 7) is 4.48. The van der Waals surface area contributed by atoms with Gasteiger partial charge in [0.05, 0.1) is 24.9 Å². The Morgan fingerprint density at radius 3 is 2.70 bits per heavy atom. The predicted molar refractivity (Wildman–Crippen MR) is 67.6 cm³/mol. The Bertz CT molecular complexity index is 409. The van der Waals surface area contributed by atoms with Gasteiger partial charge in [0.1, 0.15) is 6.10 Å². The first-order chi connectivity index (χ1) is 9.28. The van der Waals surface area contributed by atoms with Crippen molar-refractivity contribution < 1.29 is 23.0 Å². The Hall–Kier alpha value is -0.750. The molecule has 0 aromatic carbocycles. The number of carbonyl (C=O) groups excluding carboxylic acids is 1. The lowest BCUT2D eigenvalue weighted by molar-refractivity contribution is -0.188. The maximum atomic E-state index is 14.1. The van der Waals surface area contributed by atoms with Crippen LogP contribution in [0, 0.1) is 5.92 Å². The summed E-state index contributed by atoms with van der Waals surface area (Å²) in [6, 6.07) is -0.374. The van der Waals surface area contributed by atoms with E-state index < -0.39 is 17.4 Å². The smallest absolute Gasteiger partial charge is 0.325 e. The summed E-state index contributed by atoms with van der Waals surface area (Å²) in [4.78, 5) is 13.6. The van der Waals surface area contributed by atoms with Crippen molar-refractivity contribution in [1.29, 1.82) is 0 Å². The second-order valence-corrected chi connectivity index (χ2v) is 6.81. The molecule has 3 rings (SSSR count). The molecule has 1 saturated carbocycles. The summed E-state index contributed by atoms with van der Waals surface area (Å²) >= 11 is 0. The Labute approximate surface area is 117 Å². The topological polar surface area (TPSA) is 38.8 Å². The Morgan fingerprint density at radius 1 is 1.35 bits per heavy atom. The van der Waals surface area contributed by atoms with Crippen LogP contribution in [0.2, 0.25) is 0 Å². The normalized spacial score (nSPS) is 33.1. The van der Waals surface area contributed by atoms with E-state index in [0.717, 1.165) is 12.8 Å². The fourth-order valence-electron chi connectivity index (χ4n) is 3.11. The third-order valence-corrected chi connectivity index (χ3v) is 4.24. The highest BCUT2D eigenvalue weighted by Crippen LogP contribution is 2.41. The molecule has 0 bridgehead atoms. The van der Waals surface area contributed by atoms with E-state index in [1.165, 1.54) is 4.90 Å². The summed E-state index contributed by atoms with van der Waals surface area (Å²) in [5.41, 5.74) is -0.611. The van der Waals surface area contributed by atoms with Crippen molar-refractivity contribution in [2.75, 3.05) is 19.8 Å². The van der Waals surface area contributed by atoms with Crippen molar-refractivity contribution in [3.8, 4) is 0 Å². The molecule has 6 heteroatoms. The number of rotatable bonds is 3. The molecular weight excluding hydrogens is 268 g/mol. The van der Waals surface area contributed by atoms with Crippen LogP contribution in [0.15, 0.2) is 0 Å². The zero-order valence-corrected chi connectivity index (χ0v) is 11.9. The Morgan fingerprint density at radius 2 is 2.05 bits per heavy atom. The molecule has 3 fully saturated rings. The number of halogens is 2. The van der Waals surface area contributed by atoms with Crippen molar-refractivity contribution in [3.63, 3.8) is 0 Å². The third-order valence-electron chi connectivity index (χ3n) is 4.24. The van der Waals surface area contributed by atoms with Crippen molar-refractivity contribution in [1.82, 2.24) is 4.90 Å². The molecule has 2 heterocycles. The quantitative estimate of drug-likeness (QED) is 0.795. The maximum absolute atomic E-state index is 14.1. The zero-order valence-electron chi connectivity index (χ0n) is 11.9. The van der Waals surface area contributed by atoms with Gasteiger partial charge in [-0.25, -0.2) is 0 Å². The number of alkyl halides is 2. The molecular formula is C14H21F2NO3. The van der Waals surface area contributed by atoms with Crippen molar-refractivity contribution in [3.05, 3.63) is 0 Å². The lowest BCUT2D eigenvalue weighted by Gasteiger charge is -2.45. The first-order valence-corrected chi connectivity index (χ1v) is 7.23. The van der Waals surface area contributed by atoms with E-state index in [4.69, 9.17) is 9.47 Å². The number of ether oxygens (including phenoxy) is 2. The van der Waals surface area contributed by atoms with Gasteiger partial charge in [-0.05, 0) is 32.6 Å². The summed E-state index contributed by atoms with van der Waals surface area (Å²) in [7, 11) is 0. The molecule has 3 aliphatic rings. The average molecular weight is 289 g/mol. The summed E-state index contributed by atoms with van der Waals surface area (Å²) < 4.78 is 39.4. The van der Waals surface area contributed by atoms with Crippen LogP contribution in [-0.4, -0.2) is 54.2 Å². The summed E-state index contributed by atoms with van der Waals surface area (Å²) in [6.07, 6.45) is 1.01. The van der Waals surface area contributed by atoms with Crippen LogP contribution in [0.3, 0.4) is 0 Å². The standard InChI is InChI=1S/C14H21F2NO3/c1-13(2)8-17(10-6-19-7-11(10)20-13)12(18)14(15,16)5-9-3-4-9/h9-11H,3-8H2,1-2H3/t10-,11-/m1/s1. The number of carbonyl (C=O) groups is 1. The van der Waals surface area contributed by atoms with Crippen molar-refractivity contribution >= 4 is 5.91 Å². The number of hydrogen-bond acceptors (Lipinski definition) is 3. The number of morpholine rings is 1. The van der Waals surface area contributed by atoms with Crippen LogP contribution in [0.1, 0.15) is 33.1 Å². The second-order valence-electron chi connectivity index (χ2n) is 6.81. The van der Waals surface area contributed by atoms with Crippen LogP contribution in [0.5, 0.6) is 0 Å². The lowest BCUT2D eigenvalue weighted by Crippen LogP contribution is -2.62. The highest BCUT2D eigenvalue weighted by Gasteiger charge is 2.53. The SMILES string of the molecule is CC1(C)CN(C(=O)C(F)(F)CC2CC2)[C@@H]2COC[C@H]2O1. The van der Waals surface area contributed by atoms with Gasteiger partial charge in [-0.15, -0.1) is 0 Å². The average Bonchev–Trinajstić information content (AvgIpc) is 3.01. The van der Waals surface area contributed by atoms with E-state index in [0.29, 0.717) is 6.61 Å². The lowest BCUT2D eigenvalue weighted by atomic mass is 9.99. The minimum Gasteiger partial charge on any atom is -0.376 e. The molecule has 114 valence electrons. The third kappa shape index (κ3) is 2.68. The van der Waals surface area contributed by atoms with Gasteiger partial charge in [0.25, 0.3) is 5.91 Å². The Balaban J connectivity index is 1.77. The number of amides is 1. The highest BCUT2D eigenvalue weighted by atomic mass is 19.3. The fourth-order valence-corrected chi connectivity index (χ4v) is 3.11. The molecule has 1 aliphatic carbocycles. The molecule has 2 aliphatic heterocycles. The molecule has 1 amide bonds. The van der Waals surface area contributed by atoms with Gasteiger partial charge in [0.15, 0.2) is 0 Å². The number of hydrogen-bond donors (Lipinski definition) is 0. The molecule has 0 aromatic rings. The molecule has 0 radical (unpaired) electrons. The monoisotopic (exact) mass is 289 g/mol. The van der Waals surface area contributed by atoms with Crippen molar-refractivity contribution in [2.24, 2.45) is 5.92 Å². The highest BCUT2D eigenvalue weighted by molar-refractivity contribution is 5.84. The maximum Gasteiger partial charge on any atom is 0.325 e. The summed E-state index contributed by atoms with van der Waals surface area (Å²) in [5, 5.41) is 0. The van der Waals surface area contributed by atoms with E-state index in [9.17, 15) is 13.6 Å². The van der Waals surface area contributed by atoms with Crippen LogP contribution >= 0.6 is 0 Å². The second kappa shape index (κ2) is 4.63. The first-order valence-electron chi connectivity index (χ1n) is 7.23. The molecule has 2 saturated heterocycles. The minimum atomic E-state index is -3.26. The van der Waals surface area contributed by atoms with Crippen LogP contribution in [-0.2, 0) is 14.3 Å². The van der Waals surface area contributed by atoms with Crippen LogP contribution in [0.4, 0.5) is 8.78 Å². The fraction of sp³-hybridized carbons (Fsp3) is 0.929. The van der Waals surface area contributed by atoms with E-state index in [1.807, 2.05) is 13.8 Å². The van der Waals surface area contributed by atoms with Crippen LogP contribution in [0.25, 0.3) is 0 Å². The number of fused-ring (bicyclic) bond motifs is 1. The zero-order chi connectivity index (χ0) is 14.5. The molecule has 2 atom stereocenters. The first kappa shape index (κ1) is 14.2. The van der Waals surface area contributed by atoms with E-state index in [-0.39, 0.29) is 37.6 Å². The largest absolute Gasteiger partial charge is 0.376 e. The van der Waals surface area contributed by atoms with Gasteiger partial charge in [0.2, 0.25) is 0 Å². The number of nitrogens with zero attached hydrogens (tertiary/aromatic N) is 1. The minimum absolute atomic E-state index is 0.0126. The molecule has 4 nitrogen and oxygen atoms in total. The molecule has 20 heavy (non-hydrogen) atoms. The van der Waals surface area contributed by atoms with Gasteiger partial charge >= 0.3 is 5.92 Å². The van der Waals surface area contributed by atoms with E-state index in [2.05, 4.69) is 0 Å². The summed E-state index contributed by atoms with van der Waals surface area (Å²) in [5.74, 6) is -4.30. The van der Waals surface area contributed by atoms with Crippen LogP contribution < -0.4 is 0 Å². The van der Waals surface area contributed by atoms with Gasteiger partial charge in [-0.3, -0.25) is 4.79 Å². The van der Waals surface area contributed by atoms with Gasteiger partial charge in [0, 0.05) is 13.0 Å². The molecule has 0 unspecified atom stereocenters. The van der Waals surface area contributed by atoms with Gasteiger partial charge < -0.3 is 14.4 Å². The molecule has 0 aromatic heterocycles. The van der Waals surface area contributed by atoms with Crippen molar-refractivity contribution in [2.45, 2.75) is 56.8 Å². The predicted octanol–water partition coefficient (Wildman–Crippen LogP) is 1.83. The Kier molecular flexibility index (Phi) is 3.29. The molecule has 0 N–H and O–H groups in total. The van der Waals surface area contributed by atoms with E-state index in [1.54, 1.807) is 0 Å².